The van der Waals surface area contributed by atoms with Gasteiger partial charge in [-0.15, -0.1) is 0 Å². The second-order valence-corrected chi connectivity index (χ2v) is 8.82. The predicted molar refractivity (Wildman–Crippen MR) is 145 cm³/mol. The molecular formula is C29H28F3N5O2. The van der Waals surface area contributed by atoms with Gasteiger partial charge in [0.2, 0.25) is 5.91 Å². The van der Waals surface area contributed by atoms with Crippen LogP contribution in [0.15, 0.2) is 91.0 Å². The molecule has 4 aromatic rings. The van der Waals surface area contributed by atoms with E-state index in [1.54, 1.807) is 10.7 Å². The van der Waals surface area contributed by atoms with Gasteiger partial charge in [-0.3, -0.25) is 4.79 Å². The molecule has 1 aromatic heterocycles. The van der Waals surface area contributed by atoms with Gasteiger partial charge in [0.15, 0.2) is 0 Å². The fraction of sp³-hybridized carbons (Fsp3) is 0.207. The number of rotatable bonds is 9. The summed E-state index contributed by atoms with van der Waals surface area (Å²) in [4.78, 5) is 27.4. The van der Waals surface area contributed by atoms with Crippen molar-refractivity contribution in [2.45, 2.75) is 25.9 Å². The number of benzene rings is 3. The fourth-order valence-electron chi connectivity index (χ4n) is 3.98. The zero-order valence-electron chi connectivity index (χ0n) is 21.3. The van der Waals surface area contributed by atoms with Gasteiger partial charge in [0.25, 0.3) is 0 Å². The van der Waals surface area contributed by atoms with Crippen LogP contribution < -0.4 is 10.6 Å². The molecule has 3 aromatic carbocycles. The van der Waals surface area contributed by atoms with Gasteiger partial charge in [0.05, 0.1) is 22.6 Å². The number of halogens is 3. The monoisotopic (exact) mass is 535 g/mol. The third-order valence-corrected chi connectivity index (χ3v) is 5.92. The summed E-state index contributed by atoms with van der Waals surface area (Å²) in [6.45, 7) is 1.75. The molecule has 0 radical (unpaired) electrons. The van der Waals surface area contributed by atoms with Gasteiger partial charge < -0.3 is 15.5 Å². The minimum Gasteiger partial charge on any atom is -0.315 e. The SMILES string of the molecule is CCCCN(CC(=O)Nc1cc(-c2ccccc2)nn1-c1ccccc1)C(=O)Nc1ccccc1C(F)(F)F. The van der Waals surface area contributed by atoms with Crippen LogP contribution >= 0.6 is 0 Å². The zero-order chi connectivity index (χ0) is 27.8. The lowest BCUT2D eigenvalue weighted by Gasteiger charge is -2.23. The fourth-order valence-corrected chi connectivity index (χ4v) is 3.98. The van der Waals surface area contributed by atoms with E-state index in [9.17, 15) is 22.8 Å². The van der Waals surface area contributed by atoms with Crippen molar-refractivity contribution in [1.82, 2.24) is 14.7 Å². The second-order valence-electron chi connectivity index (χ2n) is 8.82. The molecule has 0 spiro atoms. The standard InChI is InChI=1S/C29H28F3N5O2/c1-2-3-18-36(28(39)33-24-17-11-10-16-23(24)29(30,31)32)20-27(38)34-26-19-25(21-12-6-4-7-13-21)35-37(26)22-14-8-5-9-15-22/h4-17,19H,2-3,18,20H2,1H3,(H,33,39)(H,34,38). The molecule has 0 saturated heterocycles. The number of amides is 3. The van der Waals surface area contributed by atoms with E-state index < -0.39 is 23.7 Å². The number of hydrogen-bond acceptors (Lipinski definition) is 3. The van der Waals surface area contributed by atoms with Gasteiger partial charge in [-0.05, 0) is 30.7 Å². The first kappa shape index (κ1) is 27.4. The number of anilines is 2. The number of aromatic nitrogens is 2. The topological polar surface area (TPSA) is 79.3 Å². The first-order chi connectivity index (χ1) is 18.8. The van der Waals surface area contributed by atoms with Gasteiger partial charge in [0.1, 0.15) is 12.4 Å². The maximum atomic E-state index is 13.4. The number of nitrogens with zero attached hydrogens (tertiary/aromatic N) is 3. The normalized spacial score (nSPS) is 11.2. The molecule has 2 N–H and O–H groups in total. The van der Waals surface area contributed by atoms with Crippen molar-refractivity contribution in [2.75, 3.05) is 23.7 Å². The minimum atomic E-state index is -4.64. The second kappa shape index (κ2) is 12.3. The summed E-state index contributed by atoms with van der Waals surface area (Å²) in [6.07, 6.45) is -3.34. The van der Waals surface area contributed by atoms with E-state index in [0.29, 0.717) is 17.9 Å². The van der Waals surface area contributed by atoms with E-state index in [1.807, 2.05) is 67.6 Å². The van der Waals surface area contributed by atoms with E-state index in [4.69, 9.17) is 0 Å². The van der Waals surface area contributed by atoms with Crippen LogP contribution in [0.1, 0.15) is 25.3 Å². The lowest BCUT2D eigenvalue weighted by Crippen LogP contribution is -2.41. The molecule has 4 rings (SSSR count). The van der Waals surface area contributed by atoms with Crippen molar-refractivity contribution >= 4 is 23.4 Å². The minimum absolute atomic E-state index is 0.192. The number of carbonyl (C=O) groups is 2. The summed E-state index contributed by atoms with van der Waals surface area (Å²) in [5.41, 5.74) is 0.887. The van der Waals surface area contributed by atoms with Crippen LogP contribution in [0.25, 0.3) is 16.9 Å². The Morgan fingerprint density at radius 2 is 1.54 bits per heavy atom. The van der Waals surface area contributed by atoms with E-state index in [1.165, 1.54) is 23.1 Å². The van der Waals surface area contributed by atoms with E-state index in [0.717, 1.165) is 23.7 Å². The van der Waals surface area contributed by atoms with Gasteiger partial charge >= 0.3 is 12.2 Å². The van der Waals surface area contributed by atoms with Crippen LogP contribution in [0, 0.1) is 0 Å². The number of nitrogens with one attached hydrogen (secondary N) is 2. The molecule has 39 heavy (non-hydrogen) atoms. The number of alkyl halides is 3. The van der Waals surface area contributed by atoms with Crippen LogP contribution in [-0.2, 0) is 11.0 Å². The lowest BCUT2D eigenvalue weighted by molar-refractivity contribution is -0.137. The summed E-state index contributed by atoms with van der Waals surface area (Å²) in [7, 11) is 0. The van der Waals surface area contributed by atoms with Crippen LogP contribution in [0.2, 0.25) is 0 Å². The number of unbranched alkanes of at least 4 members (excludes halogenated alkanes) is 1. The predicted octanol–water partition coefficient (Wildman–Crippen LogP) is 6.83. The van der Waals surface area contributed by atoms with Gasteiger partial charge in [-0.1, -0.05) is 74.0 Å². The van der Waals surface area contributed by atoms with Crippen molar-refractivity contribution < 1.29 is 22.8 Å². The van der Waals surface area contributed by atoms with Crippen molar-refractivity contribution in [2.24, 2.45) is 0 Å². The van der Waals surface area contributed by atoms with Crippen LogP contribution in [-0.4, -0.2) is 39.7 Å². The Balaban J connectivity index is 1.55. The molecular weight excluding hydrogens is 507 g/mol. The Bertz CT molecular complexity index is 1410. The van der Waals surface area contributed by atoms with Crippen LogP contribution in [0.5, 0.6) is 0 Å². The molecule has 0 aliphatic rings. The Morgan fingerprint density at radius 3 is 2.21 bits per heavy atom. The average Bonchev–Trinajstić information content (AvgIpc) is 3.35. The molecule has 7 nitrogen and oxygen atoms in total. The highest BCUT2D eigenvalue weighted by Gasteiger charge is 2.34. The Kier molecular flexibility index (Phi) is 8.65. The number of urea groups is 1. The number of hydrogen-bond donors (Lipinski definition) is 2. The largest absolute Gasteiger partial charge is 0.418 e. The number of para-hydroxylation sites is 2. The summed E-state index contributed by atoms with van der Waals surface area (Å²) < 4.78 is 41.9. The summed E-state index contributed by atoms with van der Waals surface area (Å²) in [6, 6.07) is 24.4. The number of carbonyl (C=O) groups excluding carboxylic acids is 2. The third kappa shape index (κ3) is 7.04. The molecule has 0 unspecified atom stereocenters. The Hall–Kier alpha value is -4.60. The maximum Gasteiger partial charge on any atom is 0.418 e. The van der Waals surface area contributed by atoms with Gasteiger partial charge in [-0.25, -0.2) is 9.48 Å². The van der Waals surface area contributed by atoms with Crippen molar-refractivity contribution in [3.05, 3.63) is 96.6 Å². The molecule has 0 aliphatic carbocycles. The molecule has 10 heteroatoms. The first-order valence-corrected chi connectivity index (χ1v) is 12.5. The molecule has 202 valence electrons. The first-order valence-electron chi connectivity index (χ1n) is 12.5. The van der Waals surface area contributed by atoms with Crippen molar-refractivity contribution in [1.29, 1.82) is 0 Å². The quantitative estimate of drug-likeness (QED) is 0.247. The molecule has 3 amide bonds. The Morgan fingerprint density at radius 1 is 0.897 bits per heavy atom. The third-order valence-electron chi connectivity index (χ3n) is 5.92. The van der Waals surface area contributed by atoms with E-state index in [2.05, 4.69) is 15.7 Å². The molecule has 1 heterocycles. The van der Waals surface area contributed by atoms with E-state index >= 15 is 0 Å². The summed E-state index contributed by atoms with van der Waals surface area (Å²) in [5.74, 6) is -0.120. The Labute approximate surface area is 224 Å². The van der Waals surface area contributed by atoms with Crippen molar-refractivity contribution in [3.63, 3.8) is 0 Å². The van der Waals surface area contributed by atoms with Crippen LogP contribution in [0.3, 0.4) is 0 Å². The molecule has 0 saturated carbocycles. The lowest BCUT2D eigenvalue weighted by atomic mass is 10.1. The highest BCUT2D eigenvalue weighted by molar-refractivity contribution is 5.97. The van der Waals surface area contributed by atoms with E-state index in [-0.39, 0.29) is 18.8 Å². The van der Waals surface area contributed by atoms with Gasteiger partial charge in [-0.2, -0.15) is 18.3 Å². The summed E-state index contributed by atoms with van der Waals surface area (Å²) in [5, 5.41) is 9.81. The smallest absolute Gasteiger partial charge is 0.315 e. The zero-order valence-corrected chi connectivity index (χ0v) is 21.3. The van der Waals surface area contributed by atoms with Crippen LogP contribution in [0.4, 0.5) is 29.5 Å². The highest BCUT2D eigenvalue weighted by atomic mass is 19.4. The maximum absolute atomic E-state index is 13.4. The highest BCUT2D eigenvalue weighted by Crippen LogP contribution is 2.34. The molecule has 0 bridgehead atoms. The van der Waals surface area contributed by atoms with Gasteiger partial charge in [0, 0.05) is 18.2 Å². The van der Waals surface area contributed by atoms with Crippen molar-refractivity contribution in [3.8, 4) is 16.9 Å². The summed E-state index contributed by atoms with van der Waals surface area (Å²) >= 11 is 0. The molecule has 0 aliphatic heterocycles. The molecule has 0 atom stereocenters. The average molecular weight is 536 g/mol. The molecule has 0 fully saturated rings.